The number of carbonyl (C=O) groups is 2. The van der Waals surface area contributed by atoms with Crippen molar-refractivity contribution in [1.82, 2.24) is 0 Å². The first-order valence-electron chi connectivity index (χ1n) is 6.41. The van der Waals surface area contributed by atoms with Crippen LogP contribution in [0.25, 0.3) is 0 Å². The highest BCUT2D eigenvalue weighted by atomic mass is 19.4. The number of unbranched alkanes of at least 4 members (excludes halogenated alkanes) is 1. The minimum absolute atomic E-state index is 0.0938. The number of rotatable bonds is 5. The maximum Gasteiger partial charge on any atom is 0.471 e. The molecule has 0 aromatic heterocycles. The fourth-order valence-electron chi connectivity index (χ4n) is 1.52. The largest absolute Gasteiger partial charge is 0.471 e. The summed E-state index contributed by atoms with van der Waals surface area (Å²) in [5.74, 6) is -2.89. The lowest BCUT2D eigenvalue weighted by atomic mass is 10.1. The molecule has 1 aromatic rings. The molecule has 4 nitrogen and oxygen atoms in total. The molecule has 0 saturated carbocycles. The Morgan fingerprint density at radius 3 is 2.52 bits per heavy atom. The van der Waals surface area contributed by atoms with Crippen molar-refractivity contribution in [3.63, 3.8) is 0 Å². The van der Waals surface area contributed by atoms with Crippen LogP contribution in [0.4, 0.5) is 18.9 Å². The summed E-state index contributed by atoms with van der Waals surface area (Å²) in [5.41, 5.74) is 0.357. The molecule has 0 fully saturated rings. The fraction of sp³-hybridized carbons (Fsp3) is 0.429. The van der Waals surface area contributed by atoms with Gasteiger partial charge in [-0.25, -0.2) is 4.79 Å². The molecular formula is C14H16F3NO3. The van der Waals surface area contributed by atoms with Crippen LogP contribution >= 0.6 is 0 Å². The Bertz CT molecular complexity index is 527. The molecule has 1 amide bonds. The number of amides is 1. The second kappa shape index (κ2) is 7.10. The van der Waals surface area contributed by atoms with Gasteiger partial charge in [-0.2, -0.15) is 13.2 Å². The Morgan fingerprint density at radius 1 is 1.29 bits per heavy atom. The third kappa shape index (κ3) is 5.09. The summed E-state index contributed by atoms with van der Waals surface area (Å²) >= 11 is 0. The van der Waals surface area contributed by atoms with Crippen LogP contribution in [0.1, 0.15) is 35.7 Å². The number of esters is 1. The number of hydrogen-bond acceptors (Lipinski definition) is 3. The second-order valence-electron chi connectivity index (χ2n) is 4.49. The van der Waals surface area contributed by atoms with Gasteiger partial charge in [0.25, 0.3) is 0 Å². The fourth-order valence-corrected chi connectivity index (χ4v) is 1.52. The lowest BCUT2D eigenvalue weighted by molar-refractivity contribution is -0.167. The third-order valence-electron chi connectivity index (χ3n) is 2.63. The SMILES string of the molecule is CCCCOC(=O)c1cc(C)ccc1NC(=O)C(F)(F)F. The van der Waals surface area contributed by atoms with E-state index in [1.807, 2.05) is 6.92 Å². The van der Waals surface area contributed by atoms with Crippen LogP contribution in [-0.4, -0.2) is 24.7 Å². The summed E-state index contributed by atoms with van der Waals surface area (Å²) in [4.78, 5) is 22.8. The molecule has 7 heteroatoms. The van der Waals surface area contributed by atoms with Crippen molar-refractivity contribution < 1.29 is 27.5 Å². The number of ether oxygens (including phenoxy) is 1. The maximum atomic E-state index is 12.3. The predicted octanol–water partition coefficient (Wildman–Crippen LogP) is 3.45. The van der Waals surface area contributed by atoms with Gasteiger partial charge in [-0.3, -0.25) is 4.79 Å². The topological polar surface area (TPSA) is 55.4 Å². The Kier molecular flexibility index (Phi) is 5.75. The van der Waals surface area contributed by atoms with Crippen molar-refractivity contribution in [1.29, 1.82) is 0 Å². The number of hydrogen-bond donors (Lipinski definition) is 1. The Balaban J connectivity index is 2.94. The molecule has 0 heterocycles. The van der Waals surface area contributed by atoms with E-state index in [1.54, 1.807) is 12.2 Å². The summed E-state index contributed by atoms with van der Waals surface area (Å²) < 4.78 is 41.8. The van der Waals surface area contributed by atoms with E-state index in [-0.39, 0.29) is 17.9 Å². The molecule has 0 bridgehead atoms. The molecule has 1 aromatic carbocycles. The van der Waals surface area contributed by atoms with E-state index in [9.17, 15) is 22.8 Å². The minimum atomic E-state index is -5.02. The Hall–Kier alpha value is -2.05. The number of alkyl halides is 3. The highest BCUT2D eigenvalue weighted by Crippen LogP contribution is 2.22. The molecule has 0 unspecified atom stereocenters. The van der Waals surface area contributed by atoms with Crippen molar-refractivity contribution >= 4 is 17.6 Å². The zero-order valence-corrected chi connectivity index (χ0v) is 11.7. The molecule has 0 atom stereocenters. The summed E-state index contributed by atoms with van der Waals surface area (Å²) in [6, 6.07) is 4.12. The van der Waals surface area contributed by atoms with E-state index in [4.69, 9.17) is 4.74 Å². The van der Waals surface area contributed by atoms with Gasteiger partial charge in [-0.15, -0.1) is 0 Å². The number of carbonyl (C=O) groups excluding carboxylic acids is 2. The van der Waals surface area contributed by atoms with E-state index >= 15 is 0 Å². The van der Waals surface area contributed by atoms with Gasteiger partial charge < -0.3 is 10.1 Å². The van der Waals surface area contributed by atoms with Crippen molar-refractivity contribution in [2.24, 2.45) is 0 Å². The number of nitrogens with one attached hydrogen (secondary N) is 1. The Labute approximate surface area is 120 Å². The van der Waals surface area contributed by atoms with Crippen LogP contribution in [0, 0.1) is 6.92 Å². The monoisotopic (exact) mass is 303 g/mol. The van der Waals surface area contributed by atoms with Gasteiger partial charge in [0.1, 0.15) is 0 Å². The molecule has 0 radical (unpaired) electrons. The minimum Gasteiger partial charge on any atom is -0.462 e. The van der Waals surface area contributed by atoms with E-state index in [0.717, 1.165) is 6.42 Å². The molecule has 1 rings (SSSR count). The molecule has 0 aliphatic carbocycles. The molecule has 0 saturated heterocycles. The van der Waals surface area contributed by atoms with Crippen LogP contribution in [0.5, 0.6) is 0 Å². The molecule has 0 aliphatic rings. The standard InChI is InChI=1S/C14H16F3NO3/c1-3-4-7-21-12(19)10-8-9(2)5-6-11(10)18-13(20)14(15,16)17/h5-6,8H,3-4,7H2,1-2H3,(H,18,20). The molecular weight excluding hydrogens is 287 g/mol. The van der Waals surface area contributed by atoms with Crippen LogP contribution in [0.2, 0.25) is 0 Å². The third-order valence-corrected chi connectivity index (χ3v) is 2.63. The van der Waals surface area contributed by atoms with Crippen LogP contribution in [0.3, 0.4) is 0 Å². The first-order chi connectivity index (χ1) is 9.75. The average molecular weight is 303 g/mol. The predicted molar refractivity (Wildman–Crippen MR) is 71.1 cm³/mol. The molecule has 21 heavy (non-hydrogen) atoms. The molecule has 0 spiro atoms. The Morgan fingerprint density at radius 2 is 1.95 bits per heavy atom. The second-order valence-corrected chi connectivity index (χ2v) is 4.49. The van der Waals surface area contributed by atoms with Crippen LogP contribution < -0.4 is 5.32 Å². The van der Waals surface area contributed by atoms with Gasteiger partial charge >= 0.3 is 18.1 Å². The first kappa shape index (κ1) is 17.0. The van der Waals surface area contributed by atoms with Crippen molar-refractivity contribution in [3.05, 3.63) is 29.3 Å². The van der Waals surface area contributed by atoms with E-state index in [0.29, 0.717) is 12.0 Å². The van der Waals surface area contributed by atoms with Gasteiger partial charge in [0.2, 0.25) is 0 Å². The van der Waals surface area contributed by atoms with E-state index < -0.39 is 18.1 Å². The van der Waals surface area contributed by atoms with Crippen molar-refractivity contribution in [2.75, 3.05) is 11.9 Å². The quantitative estimate of drug-likeness (QED) is 0.669. The van der Waals surface area contributed by atoms with Crippen molar-refractivity contribution in [2.45, 2.75) is 32.9 Å². The smallest absolute Gasteiger partial charge is 0.462 e. The molecule has 0 aliphatic heterocycles. The summed E-state index contributed by atoms with van der Waals surface area (Å²) in [5, 5.41) is 1.68. The number of aryl methyl sites for hydroxylation is 1. The average Bonchev–Trinajstić information content (AvgIpc) is 2.39. The number of halogens is 3. The molecule has 1 N–H and O–H groups in total. The van der Waals surface area contributed by atoms with Crippen LogP contribution in [0.15, 0.2) is 18.2 Å². The number of benzene rings is 1. The van der Waals surface area contributed by atoms with Gasteiger partial charge in [-0.1, -0.05) is 25.0 Å². The van der Waals surface area contributed by atoms with Gasteiger partial charge in [0.05, 0.1) is 17.9 Å². The maximum absolute atomic E-state index is 12.3. The highest BCUT2D eigenvalue weighted by Gasteiger charge is 2.39. The van der Waals surface area contributed by atoms with Crippen molar-refractivity contribution in [3.8, 4) is 0 Å². The summed E-state index contributed by atoms with van der Waals surface area (Å²) in [7, 11) is 0. The lowest BCUT2D eigenvalue weighted by Gasteiger charge is -2.13. The van der Waals surface area contributed by atoms with Crippen LogP contribution in [-0.2, 0) is 9.53 Å². The first-order valence-corrected chi connectivity index (χ1v) is 6.41. The van der Waals surface area contributed by atoms with Gasteiger partial charge in [0.15, 0.2) is 0 Å². The van der Waals surface area contributed by atoms with Gasteiger partial charge in [-0.05, 0) is 25.5 Å². The summed E-state index contributed by atoms with van der Waals surface area (Å²) in [6.45, 7) is 3.77. The zero-order chi connectivity index (χ0) is 16.0. The van der Waals surface area contributed by atoms with Gasteiger partial charge in [0, 0.05) is 0 Å². The normalized spacial score (nSPS) is 11.1. The lowest BCUT2D eigenvalue weighted by Crippen LogP contribution is -2.30. The highest BCUT2D eigenvalue weighted by molar-refractivity contribution is 6.03. The zero-order valence-electron chi connectivity index (χ0n) is 11.7. The summed E-state index contributed by atoms with van der Waals surface area (Å²) in [6.07, 6.45) is -3.55. The van der Waals surface area contributed by atoms with E-state index in [1.165, 1.54) is 18.2 Å². The van der Waals surface area contributed by atoms with E-state index in [2.05, 4.69) is 0 Å². The molecule has 116 valence electrons. The number of anilines is 1.